The third kappa shape index (κ3) is 6.90. The minimum Gasteiger partial charge on any atom is -0.484 e. The number of carbonyl (C=O) groups is 1. The van der Waals surface area contributed by atoms with Crippen molar-refractivity contribution in [3.8, 4) is 5.75 Å². The summed E-state index contributed by atoms with van der Waals surface area (Å²) in [6.07, 6.45) is -2.89. The van der Waals surface area contributed by atoms with Crippen LogP contribution in [0.3, 0.4) is 0 Å². The Morgan fingerprint density at radius 3 is 2.48 bits per heavy atom. The zero-order chi connectivity index (χ0) is 21.8. The van der Waals surface area contributed by atoms with Crippen LogP contribution >= 0.6 is 0 Å². The van der Waals surface area contributed by atoms with E-state index in [0.717, 1.165) is 5.56 Å². The zero-order valence-electron chi connectivity index (χ0n) is 16.5. The van der Waals surface area contributed by atoms with Gasteiger partial charge in [-0.1, -0.05) is 12.1 Å². The van der Waals surface area contributed by atoms with Crippen LogP contribution in [0.25, 0.3) is 0 Å². The maximum absolute atomic E-state index is 12.3. The molecule has 0 atom stereocenters. The highest BCUT2D eigenvalue weighted by Gasteiger charge is 2.28. The van der Waals surface area contributed by atoms with Gasteiger partial charge in [-0.05, 0) is 44.9 Å². The van der Waals surface area contributed by atoms with Gasteiger partial charge in [0.25, 0.3) is 5.91 Å². The second-order valence-electron chi connectivity index (χ2n) is 7.08. The molecule has 2 aromatic rings. The smallest absolute Gasteiger partial charge is 0.422 e. The van der Waals surface area contributed by atoms with E-state index in [9.17, 15) is 23.1 Å². The molecule has 0 saturated carbocycles. The average Bonchev–Trinajstić information content (AvgIpc) is 2.58. The Labute approximate surface area is 166 Å². The maximum Gasteiger partial charge on any atom is 0.422 e. The van der Waals surface area contributed by atoms with Crippen molar-refractivity contribution in [2.45, 2.75) is 46.0 Å². The number of aliphatic hydroxyl groups is 1. The number of aryl methyl sites for hydroxylation is 2. The second-order valence-corrected chi connectivity index (χ2v) is 7.08. The van der Waals surface area contributed by atoms with E-state index in [-0.39, 0.29) is 18.1 Å². The number of alkyl halides is 3. The van der Waals surface area contributed by atoms with Crippen LogP contribution in [-0.2, 0) is 11.3 Å². The Balaban J connectivity index is 2.10. The van der Waals surface area contributed by atoms with Crippen molar-refractivity contribution >= 4 is 17.5 Å². The van der Waals surface area contributed by atoms with Gasteiger partial charge in [0.15, 0.2) is 18.2 Å². The number of hydrogen-bond donors (Lipinski definition) is 3. The van der Waals surface area contributed by atoms with Crippen molar-refractivity contribution in [1.29, 1.82) is 0 Å². The average molecular weight is 412 g/mol. The van der Waals surface area contributed by atoms with Crippen LogP contribution in [0.4, 0.5) is 24.8 Å². The van der Waals surface area contributed by atoms with Crippen LogP contribution < -0.4 is 15.4 Å². The lowest BCUT2D eigenvalue weighted by Gasteiger charge is -2.18. The van der Waals surface area contributed by atoms with Crippen LogP contribution in [0.1, 0.15) is 30.7 Å². The summed E-state index contributed by atoms with van der Waals surface area (Å²) in [6, 6.07) is 4.79. The molecule has 29 heavy (non-hydrogen) atoms. The Kier molecular flexibility index (Phi) is 6.68. The van der Waals surface area contributed by atoms with Gasteiger partial charge in [-0.15, -0.1) is 0 Å². The lowest BCUT2D eigenvalue weighted by molar-refractivity contribution is -0.153. The van der Waals surface area contributed by atoms with Gasteiger partial charge in [-0.25, -0.2) is 9.97 Å². The third-order valence-electron chi connectivity index (χ3n) is 3.77. The first-order valence-electron chi connectivity index (χ1n) is 8.75. The van der Waals surface area contributed by atoms with Crippen LogP contribution in [0.2, 0.25) is 0 Å². The monoisotopic (exact) mass is 412 g/mol. The summed E-state index contributed by atoms with van der Waals surface area (Å²) in [5.74, 6) is -0.0241. The van der Waals surface area contributed by atoms with Gasteiger partial charge in [0.05, 0.1) is 11.9 Å². The van der Waals surface area contributed by atoms with Crippen molar-refractivity contribution in [3.05, 3.63) is 41.2 Å². The second kappa shape index (κ2) is 8.64. The number of nitrogens with zero attached hydrogens (tertiary/aromatic N) is 2. The minimum atomic E-state index is -4.40. The number of rotatable bonds is 7. The van der Waals surface area contributed by atoms with Crippen molar-refractivity contribution in [2.24, 2.45) is 0 Å². The molecule has 0 aliphatic carbocycles. The molecule has 0 saturated heterocycles. The summed E-state index contributed by atoms with van der Waals surface area (Å²) >= 11 is 0. The first-order chi connectivity index (χ1) is 13.3. The zero-order valence-corrected chi connectivity index (χ0v) is 16.5. The van der Waals surface area contributed by atoms with Crippen LogP contribution in [0, 0.1) is 13.8 Å². The Bertz CT molecular complexity index is 880. The highest BCUT2D eigenvalue weighted by atomic mass is 19.4. The first kappa shape index (κ1) is 22.4. The van der Waals surface area contributed by atoms with E-state index in [1.165, 1.54) is 26.1 Å². The summed E-state index contributed by atoms with van der Waals surface area (Å²) in [7, 11) is 0. The van der Waals surface area contributed by atoms with Gasteiger partial charge in [-0.2, -0.15) is 13.2 Å². The van der Waals surface area contributed by atoms with Crippen molar-refractivity contribution in [3.63, 3.8) is 0 Å². The molecule has 0 aliphatic rings. The van der Waals surface area contributed by atoms with Gasteiger partial charge in [0, 0.05) is 6.54 Å². The molecule has 0 aliphatic heterocycles. The van der Waals surface area contributed by atoms with Crippen LogP contribution in [0.5, 0.6) is 5.75 Å². The number of nitrogens with one attached hydrogen (secondary N) is 2. The molecule has 0 fully saturated rings. The van der Waals surface area contributed by atoms with Crippen molar-refractivity contribution in [2.75, 3.05) is 17.2 Å². The maximum atomic E-state index is 12.3. The molecular weight excluding hydrogens is 389 g/mol. The first-order valence-corrected chi connectivity index (χ1v) is 8.75. The Morgan fingerprint density at radius 2 is 1.90 bits per heavy atom. The molecule has 1 aromatic carbocycles. The lowest BCUT2D eigenvalue weighted by Crippen LogP contribution is -2.37. The number of amides is 1. The molecule has 3 N–H and O–H groups in total. The lowest BCUT2D eigenvalue weighted by atomic mass is 10.1. The van der Waals surface area contributed by atoms with Crippen LogP contribution in [0.15, 0.2) is 24.4 Å². The SMILES string of the molecule is Cc1cnc(NCc2ccc(OCC(F)(F)F)c(C)c2)c(NC(=O)C(C)(C)O)n1. The molecule has 0 spiro atoms. The molecule has 10 heteroatoms. The molecule has 7 nitrogen and oxygen atoms in total. The number of ether oxygens (including phenoxy) is 1. The molecule has 1 heterocycles. The highest BCUT2D eigenvalue weighted by molar-refractivity contribution is 5.97. The molecule has 1 amide bonds. The third-order valence-corrected chi connectivity index (χ3v) is 3.77. The quantitative estimate of drug-likeness (QED) is 0.645. The molecule has 2 rings (SSSR count). The highest BCUT2D eigenvalue weighted by Crippen LogP contribution is 2.24. The van der Waals surface area contributed by atoms with Gasteiger partial charge in [-0.3, -0.25) is 4.79 Å². The molecule has 158 valence electrons. The summed E-state index contributed by atoms with van der Waals surface area (Å²) in [5.41, 5.74) is 0.304. The summed E-state index contributed by atoms with van der Waals surface area (Å²) in [5, 5.41) is 15.4. The summed E-state index contributed by atoms with van der Waals surface area (Å²) < 4.78 is 41.7. The molecule has 1 aromatic heterocycles. The number of halogens is 3. The largest absolute Gasteiger partial charge is 0.484 e. The van der Waals surface area contributed by atoms with Gasteiger partial charge < -0.3 is 20.5 Å². The van der Waals surface area contributed by atoms with E-state index in [1.807, 2.05) is 0 Å². The summed E-state index contributed by atoms with van der Waals surface area (Å²) in [4.78, 5) is 20.5. The summed E-state index contributed by atoms with van der Waals surface area (Å²) in [6.45, 7) is 4.99. The van der Waals surface area contributed by atoms with E-state index in [1.54, 1.807) is 26.0 Å². The van der Waals surface area contributed by atoms with E-state index in [4.69, 9.17) is 4.74 Å². The number of carbonyl (C=O) groups excluding carboxylic acids is 1. The van der Waals surface area contributed by atoms with E-state index >= 15 is 0 Å². The predicted molar refractivity (Wildman–Crippen MR) is 102 cm³/mol. The Morgan fingerprint density at radius 1 is 1.21 bits per heavy atom. The van der Waals surface area contributed by atoms with E-state index in [2.05, 4.69) is 20.6 Å². The topological polar surface area (TPSA) is 96.4 Å². The van der Waals surface area contributed by atoms with Gasteiger partial charge >= 0.3 is 6.18 Å². The molecule has 0 unspecified atom stereocenters. The fourth-order valence-corrected chi connectivity index (χ4v) is 2.28. The fraction of sp³-hybridized carbons (Fsp3) is 0.421. The number of anilines is 2. The van der Waals surface area contributed by atoms with Gasteiger partial charge in [0.1, 0.15) is 11.4 Å². The number of benzene rings is 1. The minimum absolute atomic E-state index is 0.152. The molecule has 0 radical (unpaired) electrons. The predicted octanol–water partition coefficient (Wildman–Crippen LogP) is 3.36. The van der Waals surface area contributed by atoms with Crippen LogP contribution in [-0.4, -0.2) is 39.4 Å². The fourth-order valence-electron chi connectivity index (χ4n) is 2.28. The van der Waals surface area contributed by atoms with Crippen molar-refractivity contribution < 1.29 is 27.8 Å². The van der Waals surface area contributed by atoms with Crippen molar-refractivity contribution in [1.82, 2.24) is 9.97 Å². The number of aromatic nitrogens is 2. The molecular formula is C19H23F3N4O3. The Hall–Kier alpha value is -2.88. The van der Waals surface area contributed by atoms with E-state index in [0.29, 0.717) is 17.1 Å². The van der Waals surface area contributed by atoms with E-state index < -0.39 is 24.3 Å². The normalized spacial score (nSPS) is 11.9. The number of hydrogen-bond acceptors (Lipinski definition) is 6. The standard InChI is InChI=1S/C19H23F3N4O3/c1-11-7-13(5-6-14(11)29-10-19(20,21)22)9-24-15-16(25-12(2)8-23-15)26-17(27)18(3,4)28/h5-8,28H,9-10H2,1-4H3,(H,23,24)(H,25,26,27). The van der Waals surface area contributed by atoms with Gasteiger partial charge in [0.2, 0.25) is 0 Å². The molecule has 0 bridgehead atoms.